The Morgan fingerprint density at radius 2 is 1.94 bits per heavy atom. The second kappa shape index (κ2) is 4.10. The zero-order valence-corrected chi connectivity index (χ0v) is 9.56. The summed E-state index contributed by atoms with van der Waals surface area (Å²) in [5.41, 5.74) is 1.88. The van der Waals surface area contributed by atoms with Crippen LogP contribution in [0.3, 0.4) is 0 Å². The van der Waals surface area contributed by atoms with Crippen LogP contribution in [-0.2, 0) is 0 Å². The molecule has 17 heavy (non-hydrogen) atoms. The molecule has 0 aliphatic rings. The van der Waals surface area contributed by atoms with E-state index in [1.807, 2.05) is 11.6 Å². The van der Waals surface area contributed by atoms with Crippen molar-refractivity contribution in [1.29, 1.82) is 0 Å². The molecule has 0 saturated carbocycles. The fraction of sp³-hybridized carbons (Fsp3) is 0. The third kappa shape index (κ3) is 1.97. The molecule has 0 amide bonds. The van der Waals surface area contributed by atoms with Crippen LogP contribution in [0.1, 0.15) is 0 Å². The van der Waals surface area contributed by atoms with Crippen molar-refractivity contribution in [2.24, 2.45) is 0 Å². The van der Waals surface area contributed by atoms with Crippen molar-refractivity contribution in [2.75, 3.05) is 0 Å². The maximum atomic E-state index is 12.8. The van der Waals surface area contributed by atoms with E-state index in [1.165, 1.54) is 23.5 Å². The van der Waals surface area contributed by atoms with Crippen LogP contribution >= 0.6 is 11.3 Å². The van der Waals surface area contributed by atoms with Crippen molar-refractivity contribution in [3.63, 3.8) is 0 Å². The molecular formula is C12H8FN3S. The highest BCUT2D eigenvalue weighted by Gasteiger charge is 2.04. The minimum Gasteiger partial charge on any atom is -0.227 e. The number of nitrogens with zero attached hydrogens (tertiary/aromatic N) is 3. The first kappa shape index (κ1) is 10.2. The molecule has 2 heterocycles. The Bertz CT molecular complexity index is 614. The van der Waals surface area contributed by atoms with Crippen molar-refractivity contribution >= 4 is 11.3 Å². The van der Waals surface area contributed by atoms with E-state index in [2.05, 4.69) is 10.1 Å². The summed E-state index contributed by atoms with van der Waals surface area (Å²) in [5, 5.41) is 6.94. The molecule has 5 heteroatoms. The number of thiazole rings is 1. The molecule has 1 aromatic carbocycles. The average molecular weight is 245 g/mol. The molecule has 3 nitrogen and oxygen atoms in total. The van der Waals surface area contributed by atoms with Gasteiger partial charge in [-0.05, 0) is 17.7 Å². The minimum atomic E-state index is -0.235. The number of hydrogen-bond acceptors (Lipinski definition) is 3. The lowest BCUT2D eigenvalue weighted by Gasteiger charge is -1.96. The highest BCUT2D eigenvalue weighted by molar-refractivity contribution is 7.12. The summed E-state index contributed by atoms with van der Waals surface area (Å²) in [5.74, 6) is -0.235. The zero-order chi connectivity index (χ0) is 11.7. The van der Waals surface area contributed by atoms with Crippen molar-refractivity contribution in [1.82, 2.24) is 14.8 Å². The molecule has 0 atom stereocenters. The highest BCUT2D eigenvalue weighted by atomic mass is 32.1. The van der Waals surface area contributed by atoms with Gasteiger partial charge in [0.25, 0.3) is 0 Å². The second-order valence-corrected chi connectivity index (χ2v) is 4.37. The Morgan fingerprint density at radius 3 is 2.65 bits per heavy atom. The molecule has 3 rings (SSSR count). The van der Waals surface area contributed by atoms with Gasteiger partial charge < -0.3 is 0 Å². The summed E-state index contributed by atoms with van der Waals surface area (Å²) in [6.45, 7) is 0. The summed E-state index contributed by atoms with van der Waals surface area (Å²) in [7, 11) is 0. The van der Waals surface area contributed by atoms with Crippen molar-refractivity contribution in [2.45, 2.75) is 0 Å². The summed E-state index contributed by atoms with van der Waals surface area (Å²) in [6, 6.07) is 6.35. The number of aromatic nitrogens is 3. The summed E-state index contributed by atoms with van der Waals surface area (Å²) >= 11 is 1.52. The van der Waals surface area contributed by atoms with Gasteiger partial charge in [-0.1, -0.05) is 12.1 Å². The lowest BCUT2D eigenvalue weighted by Crippen LogP contribution is -1.91. The van der Waals surface area contributed by atoms with Crippen molar-refractivity contribution in [3.05, 3.63) is 54.1 Å². The van der Waals surface area contributed by atoms with Crippen LogP contribution in [-0.4, -0.2) is 14.8 Å². The van der Waals surface area contributed by atoms with Crippen LogP contribution in [0.15, 0.2) is 48.2 Å². The number of halogens is 1. The van der Waals surface area contributed by atoms with Gasteiger partial charge in [-0.3, -0.25) is 0 Å². The Labute approximate surface area is 101 Å². The number of rotatable bonds is 2. The predicted molar refractivity (Wildman–Crippen MR) is 64.6 cm³/mol. The molecule has 0 N–H and O–H groups in total. The molecule has 2 aromatic heterocycles. The zero-order valence-electron chi connectivity index (χ0n) is 8.75. The van der Waals surface area contributed by atoms with Gasteiger partial charge in [0.05, 0.1) is 6.20 Å². The molecule has 0 bridgehead atoms. The molecule has 0 saturated heterocycles. The summed E-state index contributed by atoms with van der Waals surface area (Å²) in [4.78, 5) is 4.17. The molecule has 84 valence electrons. The topological polar surface area (TPSA) is 30.7 Å². The standard InChI is InChI=1S/C12H8FN3S/c13-11-3-1-9(2-4-11)10-7-15-16(8-10)12-14-5-6-17-12/h1-8H. The van der Waals surface area contributed by atoms with Gasteiger partial charge in [-0.25, -0.2) is 14.1 Å². The molecule has 3 aromatic rings. The fourth-order valence-corrected chi connectivity index (χ4v) is 2.12. The van der Waals surface area contributed by atoms with E-state index >= 15 is 0 Å². The lowest BCUT2D eigenvalue weighted by atomic mass is 10.1. The molecule has 0 aliphatic carbocycles. The first-order valence-electron chi connectivity index (χ1n) is 5.03. The summed E-state index contributed by atoms with van der Waals surface area (Å²) in [6.07, 6.45) is 5.36. The van der Waals surface area contributed by atoms with Crippen molar-refractivity contribution in [3.8, 4) is 16.3 Å². The number of hydrogen-bond donors (Lipinski definition) is 0. The fourth-order valence-electron chi connectivity index (χ4n) is 1.55. The normalized spacial score (nSPS) is 10.6. The Morgan fingerprint density at radius 1 is 1.12 bits per heavy atom. The van der Waals surface area contributed by atoms with Gasteiger partial charge in [0, 0.05) is 23.3 Å². The second-order valence-electron chi connectivity index (χ2n) is 3.50. The van der Waals surface area contributed by atoms with Gasteiger partial charge in [0.2, 0.25) is 5.13 Å². The van der Waals surface area contributed by atoms with Gasteiger partial charge in [0.15, 0.2) is 0 Å². The average Bonchev–Trinajstić information content (AvgIpc) is 3.00. The monoisotopic (exact) mass is 245 g/mol. The maximum absolute atomic E-state index is 12.8. The first-order chi connectivity index (χ1) is 8.33. The largest absolute Gasteiger partial charge is 0.227 e. The van der Waals surface area contributed by atoms with Crippen LogP contribution in [0.25, 0.3) is 16.3 Å². The number of benzene rings is 1. The van der Waals surface area contributed by atoms with Crippen LogP contribution < -0.4 is 0 Å². The third-order valence-electron chi connectivity index (χ3n) is 2.38. The van der Waals surface area contributed by atoms with E-state index in [0.29, 0.717) is 0 Å². The Hall–Kier alpha value is -2.01. The predicted octanol–water partition coefficient (Wildman–Crippen LogP) is 3.13. The quantitative estimate of drug-likeness (QED) is 0.694. The Kier molecular flexibility index (Phi) is 2.45. The van der Waals surface area contributed by atoms with Crippen molar-refractivity contribution < 1.29 is 4.39 Å². The van der Waals surface area contributed by atoms with Gasteiger partial charge in [-0.15, -0.1) is 11.3 Å². The molecule has 0 aliphatic heterocycles. The van der Waals surface area contributed by atoms with E-state index in [1.54, 1.807) is 29.2 Å². The van der Waals surface area contributed by atoms with Gasteiger partial charge >= 0.3 is 0 Å². The maximum Gasteiger partial charge on any atom is 0.210 e. The smallest absolute Gasteiger partial charge is 0.210 e. The van der Waals surface area contributed by atoms with Gasteiger partial charge in [-0.2, -0.15) is 5.10 Å². The molecule has 0 spiro atoms. The van der Waals surface area contributed by atoms with E-state index in [-0.39, 0.29) is 5.82 Å². The molecular weight excluding hydrogens is 237 g/mol. The van der Waals surface area contributed by atoms with Crippen LogP contribution in [0, 0.1) is 5.82 Å². The lowest BCUT2D eigenvalue weighted by molar-refractivity contribution is 0.628. The van der Waals surface area contributed by atoms with Gasteiger partial charge in [0.1, 0.15) is 5.82 Å². The molecule has 0 unspecified atom stereocenters. The van der Waals surface area contributed by atoms with E-state index in [9.17, 15) is 4.39 Å². The SMILES string of the molecule is Fc1ccc(-c2cnn(-c3nccs3)c2)cc1. The van der Waals surface area contributed by atoms with Crippen LogP contribution in [0.4, 0.5) is 4.39 Å². The van der Waals surface area contributed by atoms with Crippen LogP contribution in [0.5, 0.6) is 0 Å². The Balaban J connectivity index is 1.98. The summed E-state index contributed by atoms with van der Waals surface area (Å²) < 4.78 is 14.5. The molecule has 0 fully saturated rings. The first-order valence-corrected chi connectivity index (χ1v) is 5.91. The molecule has 0 radical (unpaired) electrons. The van der Waals surface area contributed by atoms with E-state index in [0.717, 1.165) is 16.3 Å². The third-order valence-corrected chi connectivity index (χ3v) is 3.14. The van der Waals surface area contributed by atoms with E-state index in [4.69, 9.17) is 0 Å². The van der Waals surface area contributed by atoms with Crippen LogP contribution in [0.2, 0.25) is 0 Å². The highest BCUT2D eigenvalue weighted by Crippen LogP contribution is 2.20. The van der Waals surface area contributed by atoms with E-state index < -0.39 is 0 Å². The minimum absolute atomic E-state index is 0.235.